The summed E-state index contributed by atoms with van der Waals surface area (Å²) in [5.41, 5.74) is 0.824. The fourth-order valence-electron chi connectivity index (χ4n) is 4.55. The standard InChI is InChI=1S/C24H26O6/c1-23(2)28-19-20(26-15-16-9-5-3-6-10-16)24(30-22(19)29-23)14-13-18(24)27-21(25)17-11-7-4-8-12-17/h3-12,18-20,22H,13-15H2,1-2H3/t18-,19?,20?,22?,24-/m1/s1. The molecule has 6 heteroatoms. The summed E-state index contributed by atoms with van der Waals surface area (Å²) in [5.74, 6) is -1.10. The van der Waals surface area contributed by atoms with Crippen molar-refractivity contribution >= 4 is 5.97 Å². The normalized spacial score (nSPS) is 33.8. The molecule has 1 saturated carbocycles. The zero-order valence-electron chi connectivity index (χ0n) is 17.2. The van der Waals surface area contributed by atoms with Gasteiger partial charge in [-0.05, 0) is 44.4 Å². The predicted octanol–water partition coefficient (Wildman–Crippen LogP) is 3.84. The fourth-order valence-corrected chi connectivity index (χ4v) is 4.55. The topological polar surface area (TPSA) is 63.2 Å². The molecule has 6 nitrogen and oxygen atoms in total. The smallest absolute Gasteiger partial charge is 0.338 e. The van der Waals surface area contributed by atoms with Crippen molar-refractivity contribution in [1.29, 1.82) is 0 Å². The van der Waals surface area contributed by atoms with E-state index in [4.69, 9.17) is 23.7 Å². The first-order chi connectivity index (χ1) is 14.5. The molecule has 0 amide bonds. The summed E-state index contributed by atoms with van der Waals surface area (Å²) in [6.45, 7) is 4.15. The molecule has 5 rings (SSSR count). The summed E-state index contributed by atoms with van der Waals surface area (Å²) in [6.07, 6.45) is -0.286. The van der Waals surface area contributed by atoms with Crippen molar-refractivity contribution in [3.8, 4) is 0 Å². The van der Waals surface area contributed by atoms with Crippen LogP contribution in [0.25, 0.3) is 0 Å². The van der Waals surface area contributed by atoms with E-state index in [0.29, 0.717) is 18.6 Å². The van der Waals surface area contributed by atoms with Gasteiger partial charge in [0.2, 0.25) is 0 Å². The molecule has 2 aromatic rings. The van der Waals surface area contributed by atoms with Crippen LogP contribution in [0.5, 0.6) is 0 Å². The van der Waals surface area contributed by atoms with E-state index in [1.165, 1.54) is 0 Å². The molecule has 2 heterocycles. The van der Waals surface area contributed by atoms with E-state index < -0.39 is 29.9 Å². The predicted molar refractivity (Wildman–Crippen MR) is 108 cm³/mol. The monoisotopic (exact) mass is 410 g/mol. The van der Waals surface area contributed by atoms with Gasteiger partial charge in [-0.3, -0.25) is 0 Å². The van der Waals surface area contributed by atoms with Gasteiger partial charge >= 0.3 is 5.97 Å². The lowest BCUT2D eigenvalue weighted by Gasteiger charge is -2.48. The van der Waals surface area contributed by atoms with Crippen LogP contribution in [-0.2, 0) is 30.3 Å². The third-order valence-electron chi connectivity index (χ3n) is 6.08. The molecule has 3 aliphatic rings. The van der Waals surface area contributed by atoms with Crippen LogP contribution in [0.3, 0.4) is 0 Å². The van der Waals surface area contributed by atoms with Gasteiger partial charge in [-0.2, -0.15) is 0 Å². The number of rotatable bonds is 5. The lowest BCUT2D eigenvalue weighted by Crippen LogP contribution is -2.62. The van der Waals surface area contributed by atoms with Crippen LogP contribution in [0.4, 0.5) is 0 Å². The molecule has 1 aliphatic carbocycles. The highest BCUT2D eigenvalue weighted by Crippen LogP contribution is 2.53. The van der Waals surface area contributed by atoms with Gasteiger partial charge in [0.1, 0.15) is 23.9 Å². The molecule has 2 aliphatic heterocycles. The molecule has 2 aromatic carbocycles. The second-order valence-electron chi connectivity index (χ2n) is 8.56. The Morgan fingerprint density at radius 2 is 1.70 bits per heavy atom. The van der Waals surface area contributed by atoms with E-state index in [2.05, 4.69) is 0 Å². The van der Waals surface area contributed by atoms with Crippen molar-refractivity contribution in [3.63, 3.8) is 0 Å². The number of carbonyl (C=O) groups excluding carboxylic acids is 1. The van der Waals surface area contributed by atoms with E-state index in [9.17, 15) is 4.79 Å². The highest BCUT2D eigenvalue weighted by Gasteiger charge is 2.69. The SMILES string of the molecule is CC1(C)OC2O[C@@]3(CC[C@H]3OC(=O)c3ccccc3)C(OCc3ccccc3)C2O1. The van der Waals surface area contributed by atoms with E-state index in [0.717, 1.165) is 12.0 Å². The Morgan fingerprint density at radius 3 is 2.37 bits per heavy atom. The summed E-state index contributed by atoms with van der Waals surface area (Å²) in [7, 11) is 0. The maximum absolute atomic E-state index is 12.6. The molecule has 2 saturated heterocycles. The molecular weight excluding hydrogens is 384 g/mol. The summed E-state index contributed by atoms with van der Waals surface area (Å²) < 4.78 is 30.6. The zero-order chi connectivity index (χ0) is 20.8. The first-order valence-corrected chi connectivity index (χ1v) is 10.4. The number of fused-ring (bicyclic) bond motifs is 1. The van der Waals surface area contributed by atoms with Crippen LogP contribution in [0.1, 0.15) is 42.6 Å². The first kappa shape index (κ1) is 19.7. The van der Waals surface area contributed by atoms with Crippen LogP contribution in [0, 0.1) is 0 Å². The number of carbonyl (C=O) groups is 1. The molecule has 3 unspecified atom stereocenters. The molecule has 0 N–H and O–H groups in total. The van der Waals surface area contributed by atoms with Crippen LogP contribution in [0.2, 0.25) is 0 Å². The second-order valence-corrected chi connectivity index (χ2v) is 8.56. The number of esters is 1. The van der Waals surface area contributed by atoms with E-state index in [-0.39, 0.29) is 12.1 Å². The summed E-state index contributed by atoms with van der Waals surface area (Å²) in [5, 5.41) is 0. The Balaban J connectivity index is 1.36. The Labute approximate surface area is 176 Å². The minimum Gasteiger partial charge on any atom is -0.456 e. The molecule has 1 spiro atoms. The largest absolute Gasteiger partial charge is 0.456 e. The van der Waals surface area contributed by atoms with Gasteiger partial charge in [0.25, 0.3) is 0 Å². The Kier molecular flexibility index (Phi) is 4.90. The van der Waals surface area contributed by atoms with Gasteiger partial charge in [0, 0.05) is 0 Å². The van der Waals surface area contributed by atoms with Crippen LogP contribution in [0.15, 0.2) is 60.7 Å². The van der Waals surface area contributed by atoms with E-state index in [1.807, 2.05) is 62.4 Å². The lowest BCUT2D eigenvalue weighted by atomic mass is 9.72. The van der Waals surface area contributed by atoms with Crippen LogP contribution >= 0.6 is 0 Å². The summed E-state index contributed by atoms with van der Waals surface area (Å²) >= 11 is 0. The van der Waals surface area contributed by atoms with Crippen molar-refractivity contribution in [1.82, 2.24) is 0 Å². The van der Waals surface area contributed by atoms with Crippen molar-refractivity contribution in [2.75, 3.05) is 0 Å². The maximum atomic E-state index is 12.6. The Hall–Kier alpha value is -2.25. The highest BCUT2D eigenvalue weighted by molar-refractivity contribution is 5.89. The first-order valence-electron chi connectivity index (χ1n) is 10.4. The number of benzene rings is 2. The minimum absolute atomic E-state index is 0.357. The number of hydrogen-bond donors (Lipinski definition) is 0. The zero-order valence-corrected chi connectivity index (χ0v) is 17.2. The minimum atomic E-state index is -0.759. The molecule has 5 atom stereocenters. The second kappa shape index (κ2) is 7.46. The van der Waals surface area contributed by atoms with Crippen molar-refractivity contribution in [2.45, 2.75) is 69.3 Å². The van der Waals surface area contributed by atoms with Crippen LogP contribution in [-0.4, -0.2) is 42.0 Å². The Bertz CT molecular complexity index is 898. The van der Waals surface area contributed by atoms with E-state index >= 15 is 0 Å². The Morgan fingerprint density at radius 1 is 1.00 bits per heavy atom. The van der Waals surface area contributed by atoms with Gasteiger partial charge in [0.05, 0.1) is 12.2 Å². The third kappa shape index (κ3) is 3.44. The molecule has 30 heavy (non-hydrogen) atoms. The molecule has 3 fully saturated rings. The number of ether oxygens (including phenoxy) is 5. The van der Waals surface area contributed by atoms with Crippen LogP contribution < -0.4 is 0 Å². The van der Waals surface area contributed by atoms with E-state index in [1.54, 1.807) is 12.1 Å². The van der Waals surface area contributed by atoms with Gasteiger partial charge in [-0.1, -0.05) is 48.5 Å². The quantitative estimate of drug-likeness (QED) is 0.698. The average molecular weight is 410 g/mol. The van der Waals surface area contributed by atoms with Gasteiger partial charge < -0.3 is 23.7 Å². The molecule has 158 valence electrons. The molecule has 0 bridgehead atoms. The van der Waals surface area contributed by atoms with Crippen molar-refractivity contribution in [2.24, 2.45) is 0 Å². The molecular formula is C24H26O6. The summed E-state index contributed by atoms with van der Waals surface area (Å²) in [6, 6.07) is 19.0. The highest BCUT2D eigenvalue weighted by atomic mass is 16.8. The summed E-state index contributed by atoms with van der Waals surface area (Å²) in [4.78, 5) is 12.6. The van der Waals surface area contributed by atoms with Gasteiger partial charge in [-0.25, -0.2) is 4.79 Å². The molecule has 0 aromatic heterocycles. The fraction of sp³-hybridized carbons (Fsp3) is 0.458. The third-order valence-corrected chi connectivity index (χ3v) is 6.08. The number of hydrogen-bond acceptors (Lipinski definition) is 6. The van der Waals surface area contributed by atoms with Crippen molar-refractivity contribution in [3.05, 3.63) is 71.8 Å². The lowest BCUT2D eigenvalue weighted by molar-refractivity contribution is -0.287. The van der Waals surface area contributed by atoms with Crippen molar-refractivity contribution < 1.29 is 28.5 Å². The average Bonchev–Trinajstić information content (AvgIpc) is 3.21. The molecule has 0 radical (unpaired) electrons. The van der Waals surface area contributed by atoms with Gasteiger partial charge in [-0.15, -0.1) is 0 Å². The van der Waals surface area contributed by atoms with Gasteiger partial charge in [0.15, 0.2) is 12.1 Å². The maximum Gasteiger partial charge on any atom is 0.338 e.